The molecular weight excluding hydrogens is 291 g/mol. The van der Waals surface area contributed by atoms with E-state index >= 15 is 0 Å². The Kier molecular flexibility index (Phi) is 5.02. The number of rotatable bonds is 4. The van der Waals surface area contributed by atoms with E-state index in [2.05, 4.69) is 17.1 Å². The highest BCUT2D eigenvalue weighted by molar-refractivity contribution is 6.44. The maximum absolute atomic E-state index is 6.23. The van der Waals surface area contributed by atoms with Gasteiger partial charge in [0.25, 0.3) is 0 Å². The molecule has 1 aliphatic rings. The van der Waals surface area contributed by atoms with Crippen LogP contribution in [0.1, 0.15) is 13.3 Å². The van der Waals surface area contributed by atoms with Crippen molar-refractivity contribution < 1.29 is 0 Å². The summed E-state index contributed by atoms with van der Waals surface area (Å²) < 4.78 is 0. The Labute approximate surface area is 123 Å². The molecule has 1 fully saturated rings. The third-order valence-corrected chi connectivity index (χ3v) is 4.32. The summed E-state index contributed by atoms with van der Waals surface area (Å²) in [6, 6.07) is 3.58. The highest BCUT2D eigenvalue weighted by Gasteiger charge is 2.24. The fourth-order valence-corrected chi connectivity index (χ4v) is 2.98. The molecule has 0 saturated carbocycles. The second-order valence-corrected chi connectivity index (χ2v) is 5.85. The molecule has 1 aromatic rings. The molecule has 1 aliphatic heterocycles. The predicted molar refractivity (Wildman–Crippen MR) is 80.3 cm³/mol. The standard InChI is InChI=1S/C13H17Cl3N2/c1-2-17-7-9-3-4-18(8-9)13-6-11(15)10(14)5-12(13)16/h5-6,9,17H,2-4,7-8H2,1H3. The quantitative estimate of drug-likeness (QED) is 0.843. The minimum atomic E-state index is 0.508. The average molecular weight is 308 g/mol. The number of anilines is 1. The van der Waals surface area contributed by atoms with Gasteiger partial charge in [-0.1, -0.05) is 41.7 Å². The van der Waals surface area contributed by atoms with Crippen LogP contribution in [-0.4, -0.2) is 26.2 Å². The smallest absolute Gasteiger partial charge is 0.0655 e. The summed E-state index contributed by atoms with van der Waals surface area (Å²) in [6.07, 6.45) is 1.18. The Morgan fingerprint density at radius 1 is 1.22 bits per heavy atom. The minimum absolute atomic E-state index is 0.508. The lowest BCUT2D eigenvalue weighted by Crippen LogP contribution is -2.26. The van der Waals surface area contributed by atoms with Crippen molar-refractivity contribution in [1.29, 1.82) is 0 Å². The monoisotopic (exact) mass is 306 g/mol. The van der Waals surface area contributed by atoms with Gasteiger partial charge in [-0.2, -0.15) is 0 Å². The molecule has 1 saturated heterocycles. The van der Waals surface area contributed by atoms with Gasteiger partial charge in [-0.05, 0) is 37.6 Å². The van der Waals surface area contributed by atoms with Gasteiger partial charge in [-0.3, -0.25) is 0 Å². The van der Waals surface area contributed by atoms with Crippen molar-refractivity contribution in [1.82, 2.24) is 5.32 Å². The molecule has 0 amide bonds. The van der Waals surface area contributed by atoms with Crippen LogP contribution < -0.4 is 10.2 Å². The molecule has 1 heterocycles. The lowest BCUT2D eigenvalue weighted by atomic mass is 10.1. The fraction of sp³-hybridized carbons (Fsp3) is 0.538. The molecule has 1 atom stereocenters. The first-order valence-corrected chi connectivity index (χ1v) is 7.35. The first-order valence-electron chi connectivity index (χ1n) is 6.22. The Morgan fingerprint density at radius 2 is 1.94 bits per heavy atom. The minimum Gasteiger partial charge on any atom is -0.370 e. The normalized spacial score (nSPS) is 19.6. The van der Waals surface area contributed by atoms with E-state index in [1.54, 1.807) is 6.07 Å². The van der Waals surface area contributed by atoms with Crippen LogP contribution in [0.3, 0.4) is 0 Å². The van der Waals surface area contributed by atoms with Gasteiger partial charge in [0.2, 0.25) is 0 Å². The summed E-state index contributed by atoms with van der Waals surface area (Å²) in [6.45, 7) is 6.25. The molecule has 1 aromatic carbocycles. The van der Waals surface area contributed by atoms with Gasteiger partial charge in [-0.15, -0.1) is 0 Å². The Morgan fingerprint density at radius 3 is 2.67 bits per heavy atom. The number of nitrogens with zero attached hydrogens (tertiary/aromatic N) is 1. The summed E-state index contributed by atoms with van der Waals surface area (Å²) in [5, 5.41) is 5.13. The number of halogens is 3. The molecule has 0 radical (unpaired) electrons. The lowest BCUT2D eigenvalue weighted by Gasteiger charge is -2.21. The molecule has 2 nitrogen and oxygen atoms in total. The van der Waals surface area contributed by atoms with Gasteiger partial charge in [0, 0.05) is 13.1 Å². The molecule has 2 rings (SSSR count). The van der Waals surface area contributed by atoms with Crippen molar-refractivity contribution in [3.8, 4) is 0 Å². The van der Waals surface area contributed by atoms with Crippen LogP contribution in [-0.2, 0) is 0 Å². The van der Waals surface area contributed by atoms with Crippen molar-refractivity contribution >= 4 is 40.5 Å². The maximum Gasteiger partial charge on any atom is 0.0655 e. The number of hydrogen-bond donors (Lipinski definition) is 1. The van der Waals surface area contributed by atoms with E-state index < -0.39 is 0 Å². The van der Waals surface area contributed by atoms with Gasteiger partial charge in [0.15, 0.2) is 0 Å². The van der Waals surface area contributed by atoms with Crippen molar-refractivity contribution in [3.05, 3.63) is 27.2 Å². The molecule has 0 bridgehead atoms. The molecule has 5 heteroatoms. The van der Waals surface area contributed by atoms with Gasteiger partial charge < -0.3 is 10.2 Å². The first kappa shape index (κ1) is 14.3. The molecule has 100 valence electrons. The van der Waals surface area contributed by atoms with Gasteiger partial charge in [0.1, 0.15) is 0 Å². The first-order chi connectivity index (χ1) is 8.61. The van der Waals surface area contributed by atoms with E-state index in [4.69, 9.17) is 34.8 Å². The van der Waals surface area contributed by atoms with Crippen LogP contribution in [0, 0.1) is 5.92 Å². The summed E-state index contributed by atoms with van der Waals surface area (Å²) in [5.74, 6) is 0.676. The van der Waals surface area contributed by atoms with Crippen LogP contribution in [0.4, 0.5) is 5.69 Å². The molecule has 0 spiro atoms. The third kappa shape index (κ3) is 3.24. The van der Waals surface area contributed by atoms with Crippen LogP contribution in [0.2, 0.25) is 15.1 Å². The zero-order chi connectivity index (χ0) is 13.1. The second-order valence-electron chi connectivity index (χ2n) is 4.63. The van der Waals surface area contributed by atoms with E-state index in [1.165, 1.54) is 6.42 Å². The predicted octanol–water partition coefficient (Wildman–Crippen LogP) is 4.08. The molecule has 0 aliphatic carbocycles. The second kappa shape index (κ2) is 6.33. The van der Waals surface area contributed by atoms with E-state index in [0.29, 0.717) is 21.0 Å². The third-order valence-electron chi connectivity index (χ3n) is 3.30. The van der Waals surface area contributed by atoms with Crippen molar-refractivity contribution in [2.24, 2.45) is 5.92 Å². The van der Waals surface area contributed by atoms with Gasteiger partial charge in [0.05, 0.1) is 20.8 Å². The number of hydrogen-bond acceptors (Lipinski definition) is 2. The molecular formula is C13H17Cl3N2. The van der Waals surface area contributed by atoms with E-state index in [0.717, 1.165) is 31.9 Å². The topological polar surface area (TPSA) is 15.3 Å². The largest absolute Gasteiger partial charge is 0.370 e. The summed E-state index contributed by atoms with van der Waals surface area (Å²) in [7, 11) is 0. The summed E-state index contributed by atoms with van der Waals surface area (Å²) in [5.41, 5.74) is 0.991. The summed E-state index contributed by atoms with van der Waals surface area (Å²) in [4.78, 5) is 2.28. The zero-order valence-corrected chi connectivity index (χ0v) is 12.6. The van der Waals surface area contributed by atoms with E-state index in [9.17, 15) is 0 Å². The van der Waals surface area contributed by atoms with E-state index in [1.807, 2.05) is 6.07 Å². The Bertz CT molecular complexity index is 423. The molecule has 18 heavy (non-hydrogen) atoms. The highest BCUT2D eigenvalue weighted by atomic mass is 35.5. The van der Waals surface area contributed by atoms with Crippen molar-refractivity contribution in [3.63, 3.8) is 0 Å². The highest BCUT2D eigenvalue weighted by Crippen LogP contribution is 2.36. The van der Waals surface area contributed by atoms with Crippen molar-refractivity contribution in [2.45, 2.75) is 13.3 Å². The van der Waals surface area contributed by atoms with Crippen molar-refractivity contribution in [2.75, 3.05) is 31.1 Å². The Hall–Kier alpha value is -0.150. The van der Waals surface area contributed by atoms with Crippen LogP contribution in [0.25, 0.3) is 0 Å². The molecule has 1 unspecified atom stereocenters. The SMILES string of the molecule is CCNCC1CCN(c2cc(Cl)c(Cl)cc2Cl)C1. The van der Waals surface area contributed by atoms with E-state index in [-0.39, 0.29) is 0 Å². The Balaban J connectivity index is 2.07. The molecule has 0 aromatic heterocycles. The van der Waals surface area contributed by atoms with Gasteiger partial charge in [-0.25, -0.2) is 0 Å². The van der Waals surface area contributed by atoms with Crippen LogP contribution >= 0.6 is 34.8 Å². The van der Waals surface area contributed by atoms with Crippen LogP contribution in [0.5, 0.6) is 0 Å². The van der Waals surface area contributed by atoms with Crippen LogP contribution in [0.15, 0.2) is 12.1 Å². The molecule has 1 N–H and O–H groups in total. The number of benzene rings is 1. The lowest BCUT2D eigenvalue weighted by molar-refractivity contribution is 0.528. The number of nitrogens with one attached hydrogen (secondary N) is 1. The summed E-state index contributed by atoms with van der Waals surface area (Å²) >= 11 is 18.2. The maximum atomic E-state index is 6.23. The average Bonchev–Trinajstić information content (AvgIpc) is 2.79. The van der Waals surface area contributed by atoms with Gasteiger partial charge >= 0.3 is 0 Å². The zero-order valence-electron chi connectivity index (χ0n) is 10.3. The fourth-order valence-electron chi connectivity index (χ4n) is 2.32.